The third kappa shape index (κ3) is 39.1. The number of rotatable bonds is 0. The van der Waals surface area contributed by atoms with Crippen molar-refractivity contribution in [2.45, 2.75) is 0 Å². The van der Waals surface area contributed by atoms with Gasteiger partial charge in [-0.2, -0.15) is 0 Å². The first kappa shape index (κ1) is 36.6. The van der Waals surface area contributed by atoms with E-state index in [0.717, 1.165) is 26.3 Å². The summed E-state index contributed by atoms with van der Waals surface area (Å²) >= 11 is 0. The minimum atomic E-state index is 0. The summed E-state index contributed by atoms with van der Waals surface area (Å²) in [5.41, 5.74) is 0. The molecule has 92 valence electrons. The van der Waals surface area contributed by atoms with Crippen molar-refractivity contribution in [2.24, 2.45) is 5.34 Å². The van der Waals surface area contributed by atoms with Crippen molar-refractivity contribution in [3.8, 4) is 0 Å². The number of nitrogens with zero attached hydrogens (tertiary/aromatic N) is 1. The van der Waals surface area contributed by atoms with Crippen molar-refractivity contribution in [3.63, 3.8) is 0 Å². The van der Waals surface area contributed by atoms with Gasteiger partial charge in [0.2, 0.25) is 0 Å². The zero-order chi connectivity index (χ0) is 6.95. The molecular formula is C4H16Cl2N4O3Pt+2. The van der Waals surface area contributed by atoms with Gasteiger partial charge in [0.1, 0.15) is 0 Å². The van der Waals surface area contributed by atoms with Gasteiger partial charge in [0.15, 0.2) is 5.34 Å². The van der Waals surface area contributed by atoms with Gasteiger partial charge in [0, 0.05) is 13.1 Å². The molecule has 0 bridgehead atoms. The molecule has 0 radical (unpaired) electrons. The third-order valence-corrected chi connectivity index (χ3v) is 0.846. The molecule has 1 aliphatic rings. The fourth-order valence-electron chi connectivity index (χ4n) is 0.516. The molecule has 0 saturated carbocycles. The smallest absolute Gasteiger partial charge is 1.00 e. The summed E-state index contributed by atoms with van der Waals surface area (Å²) < 4.78 is 5.01. The van der Waals surface area contributed by atoms with Gasteiger partial charge in [-0.15, -0.1) is 4.91 Å². The van der Waals surface area contributed by atoms with Crippen LogP contribution in [0.1, 0.15) is 0 Å². The maximum Gasteiger partial charge on any atom is 4.00 e. The summed E-state index contributed by atoms with van der Waals surface area (Å²) in [5.74, 6) is 0. The molecule has 1 heterocycles. The molecule has 10 heteroatoms. The second-order valence-electron chi connectivity index (χ2n) is 1.44. The maximum absolute atomic E-state index is 8.11. The van der Waals surface area contributed by atoms with Gasteiger partial charge < -0.3 is 52.4 Å². The van der Waals surface area contributed by atoms with E-state index in [4.69, 9.17) is 14.9 Å². The Morgan fingerprint density at radius 3 is 1.50 bits per heavy atom. The van der Waals surface area contributed by atoms with Crippen LogP contribution in [-0.4, -0.2) is 31.5 Å². The quantitative estimate of drug-likeness (QED) is 0.221. The molecule has 0 spiro atoms. The summed E-state index contributed by atoms with van der Waals surface area (Å²) in [6.07, 6.45) is 0. The molecule has 1 saturated heterocycles. The van der Waals surface area contributed by atoms with Crippen LogP contribution in [0.2, 0.25) is 0 Å². The van der Waals surface area contributed by atoms with E-state index in [1.807, 2.05) is 0 Å². The Kier molecular flexibility index (Phi) is 97.9. The Bertz CT molecular complexity index is 70.1. The molecule has 0 aliphatic carbocycles. The molecule has 8 N–H and O–H groups in total. The van der Waals surface area contributed by atoms with Crippen LogP contribution >= 0.6 is 0 Å². The fourth-order valence-corrected chi connectivity index (χ4v) is 0.516. The molecule has 0 unspecified atom stereocenters. The first-order valence-corrected chi connectivity index (χ1v) is 2.67. The number of nitrogens with one attached hydrogen (secondary N) is 1. The second kappa shape index (κ2) is 37.5. The Labute approximate surface area is 110 Å². The first-order chi connectivity index (χ1) is 4.41. The molecule has 0 amide bonds. The van der Waals surface area contributed by atoms with Gasteiger partial charge in [0.05, 0.1) is 13.2 Å². The minimum absolute atomic E-state index is 0. The Balaban J connectivity index is -0.0000000186. The third-order valence-electron chi connectivity index (χ3n) is 0.846. The summed E-state index contributed by atoms with van der Waals surface area (Å²) in [6.45, 7) is 3.83. The monoisotopic (exact) mass is 433 g/mol. The predicted molar refractivity (Wildman–Crippen MR) is 41.3 cm³/mol. The van der Waals surface area contributed by atoms with Gasteiger partial charge in [-0.05, 0) is 0 Å². The first-order valence-electron chi connectivity index (χ1n) is 2.67. The van der Waals surface area contributed by atoms with Gasteiger partial charge in [-0.1, -0.05) is 0 Å². The molecule has 1 aliphatic heterocycles. The van der Waals surface area contributed by atoms with Crippen LogP contribution in [0.5, 0.6) is 0 Å². The Morgan fingerprint density at radius 1 is 1.14 bits per heavy atom. The van der Waals surface area contributed by atoms with Gasteiger partial charge in [-0.25, -0.2) is 0 Å². The van der Waals surface area contributed by atoms with Crippen LogP contribution in [0.25, 0.3) is 0 Å². The minimum Gasteiger partial charge on any atom is -1.00 e. The number of halogens is 2. The molecule has 1 fully saturated rings. The number of hydrogen-bond acceptors (Lipinski definition) is 6. The second-order valence-corrected chi connectivity index (χ2v) is 1.44. The molecule has 1 rings (SSSR count). The van der Waals surface area contributed by atoms with Crippen LogP contribution in [0.15, 0.2) is 5.34 Å². The largest absolute Gasteiger partial charge is 4.00 e. The summed E-state index contributed by atoms with van der Waals surface area (Å²) in [6, 6.07) is 0. The van der Waals surface area contributed by atoms with Crippen LogP contribution in [0.3, 0.4) is 0 Å². The summed E-state index contributed by atoms with van der Waals surface area (Å²) in [4.78, 5) is 8.11. The van der Waals surface area contributed by atoms with Crippen LogP contribution in [0.4, 0.5) is 0 Å². The number of hydrogen-bond donors (Lipinski definition) is 4. The number of morpholine rings is 1. The molecule has 0 aromatic carbocycles. The van der Waals surface area contributed by atoms with Crippen molar-refractivity contribution >= 4 is 0 Å². The van der Waals surface area contributed by atoms with Crippen molar-refractivity contribution in [3.05, 3.63) is 4.91 Å². The average Bonchev–Trinajstić information content (AvgIpc) is 1.93. The van der Waals surface area contributed by atoms with Crippen LogP contribution in [-0.2, 0) is 25.8 Å². The van der Waals surface area contributed by atoms with E-state index in [0.29, 0.717) is 0 Å². The van der Waals surface area contributed by atoms with E-state index in [9.17, 15) is 0 Å². The van der Waals surface area contributed by atoms with E-state index in [-0.39, 0.29) is 58.2 Å². The SMILES string of the molecule is C1COCCN1.N.N.O=NO.[Cl-].[Cl-].[Pt+4]. The molecule has 0 aromatic heterocycles. The van der Waals surface area contributed by atoms with E-state index in [1.54, 1.807) is 0 Å². The van der Waals surface area contributed by atoms with Crippen LogP contribution in [0, 0.1) is 4.91 Å². The van der Waals surface area contributed by atoms with Crippen molar-refractivity contribution in [1.82, 2.24) is 17.6 Å². The standard InChI is InChI=1S/C4H9NO.2ClH.HNO2.2H3N.Pt/c1-3-6-4-2-5-1;;;2-1-3;;;/h5H,1-4H2;2*1H;(H,2,3);2*1H3;/q;;;;;;+4/p-2. The molecule has 7 nitrogen and oxygen atoms in total. The summed E-state index contributed by atoms with van der Waals surface area (Å²) in [5, 5.41) is 11.0. The van der Waals surface area contributed by atoms with E-state index >= 15 is 0 Å². The predicted octanol–water partition coefficient (Wildman–Crippen LogP) is -5.92. The zero-order valence-electron chi connectivity index (χ0n) is 7.53. The van der Waals surface area contributed by atoms with E-state index in [2.05, 4.69) is 5.32 Å². The molecule has 0 aromatic rings. The normalized spacial score (nSPS) is 11.1. The van der Waals surface area contributed by atoms with E-state index in [1.165, 1.54) is 5.34 Å². The van der Waals surface area contributed by atoms with Crippen molar-refractivity contribution in [1.29, 1.82) is 0 Å². The zero-order valence-corrected chi connectivity index (χ0v) is 11.3. The van der Waals surface area contributed by atoms with Gasteiger partial charge >= 0.3 is 21.1 Å². The molecule has 0 atom stereocenters. The Morgan fingerprint density at radius 2 is 1.43 bits per heavy atom. The Hall–Kier alpha value is 0.508. The summed E-state index contributed by atoms with van der Waals surface area (Å²) in [7, 11) is 0. The average molecular weight is 434 g/mol. The van der Waals surface area contributed by atoms with Gasteiger partial charge in [0.25, 0.3) is 0 Å². The van der Waals surface area contributed by atoms with Gasteiger partial charge in [-0.3, -0.25) is 0 Å². The fraction of sp³-hybridized carbons (Fsp3) is 1.00. The maximum atomic E-state index is 8.11. The van der Waals surface area contributed by atoms with Crippen LogP contribution < -0.4 is 42.4 Å². The van der Waals surface area contributed by atoms with Crippen molar-refractivity contribution in [2.75, 3.05) is 26.3 Å². The topological polar surface area (TPSA) is 141 Å². The molecule has 14 heavy (non-hydrogen) atoms. The molecular weight excluding hydrogens is 418 g/mol. The number of ether oxygens (including phenoxy) is 1. The van der Waals surface area contributed by atoms with Crippen molar-refractivity contribution < 1.29 is 55.8 Å². The van der Waals surface area contributed by atoms with E-state index < -0.39 is 0 Å².